The monoisotopic (exact) mass is 296 g/mol. The Morgan fingerprint density at radius 1 is 1.45 bits per heavy atom. The highest BCUT2D eigenvalue weighted by Crippen LogP contribution is 2.23. The number of aromatic nitrogens is 2. The zero-order valence-electron chi connectivity index (χ0n) is 11.2. The van der Waals surface area contributed by atoms with E-state index in [4.69, 9.17) is 5.73 Å². The molecule has 0 bridgehead atoms. The van der Waals surface area contributed by atoms with Gasteiger partial charge in [-0.1, -0.05) is 0 Å². The van der Waals surface area contributed by atoms with Gasteiger partial charge >= 0.3 is 0 Å². The predicted molar refractivity (Wildman–Crippen MR) is 79.6 cm³/mol. The molecule has 1 aromatic carbocycles. The van der Waals surface area contributed by atoms with Gasteiger partial charge < -0.3 is 16.0 Å². The van der Waals surface area contributed by atoms with Crippen LogP contribution in [0.1, 0.15) is 6.92 Å². The fraction of sp³-hybridized carbons (Fsp3) is 0.333. The third kappa shape index (κ3) is 3.27. The lowest BCUT2D eigenvalue weighted by Crippen LogP contribution is -2.25. The number of nitrogen functional groups attached to an aromatic ring is 1. The summed E-state index contributed by atoms with van der Waals surface area (Å²) in [5, 5.41) is 3.42. The van der Waals surface area contributed by atoms with Crippen molar-refractivity contribution in [2.75, 3.05) is 23.1 Å². The van der Waals surface area contributed by atoms with E-state index in [0.717, 1.165) is 0 Å². The number of H-pyrrole nitrogens is 1. The van der Waals surface area contributed by atoms with Crippen LogP contribution in [0.15, 0.2) is 23.3 Å². The molecule has 0 radical (unpaired) electrons. The predicted octanol–water partition coefficient (Wildman–Crippen LogP) is 0.350. The lowest BCUT2D eigenvalue weighted by Gasteiger charge is -2.16. The molecule has 1 aromatic heterocycles. The van der Waals surface area contributed by atoms with Crippen LogP contribution < -0.4 is 16.6 Å². The number of sulfone groups is 1. The maximum absolute atomic E-state index is 11.6. The number of aromatic amines is 1. The van der Waals surface area contributed by atoms with Gasteiger partial charge in [0.25, 0.3) is 5.56 Å². The first kappa shape index (κ1) is 14.3. The fourth-order valence-electron chi connectivity index (χ4n) is 2.02. The minimum Gasteiger partial charge on any atom is -0.397 e. The topological polar surface area (TPSA) is 118 Å². The minimum atomic E-state index is -3.08. The Morgan fingerprint density at radius 2 is 2.15 bits per heavy atom. The summed E-state index contributed by atoms with van der Waals surface area (Å²) in [7, 11) is -3.08. The van der Waals surface area contributed by atoms with Crippen LogP contribution in [0, 0.1) is 0 Å². The van der Waals surface area contributed by atoms with Gasteiger partial charge in [-0.05, 0) is 19.1 Å². The Kier molecular flexibility index (Phi) is 3.67. The van der Waals surface area contributed by atoms with Gasteiger partial charge in [0.1, 0.15) is 9.84 Å². The molecule has 4 N–H and O–H groups in total. The van der Waals surface area contributed by atoms with E-state index in [0.29, 0.717) is 22.3 Å². The highest BCUT2D eigenvalue weighted by Gasteiger charge is 2.12. The fourth-order valence-corrected chi connectivity index (χ4v) is 3.01. The van der Waals surface area contributed by atoms with E-state index in [1.54, 1.807) is 13.0 Å². The van der Waals surface area contributed by atoms with Gasteiger partial charge in [-0.3, -0.25) is 4.79 Å². The van der Waals surface area contributed by atoms with Crippen LogP contribution >= 0.6 is 0 Å². The first-order valence-electron chi connectivity index (χ1n) is 5.97. The summed E-state index contributed by atoms with van der Waals surface area (Å²) in [6.45, 7) is 1.75. The van der Waals surface area contributed by atoms with Crippen molar-refractivity contribution in [1.29, 1.82) is 0 Å². The molecule has 0 saturated carbocycles. The van der Waals surface area contributed by atoms with E-state index in [2.05, 4.69) is 15.3 Å². The zero-order chi connectivity index (χ0) is 14.9. The largest absolute Gasteiger partial charge is 0.397 e. The quantitative estimate of drug-likeness (QED) is 0.701. The van der Waals surface area contributed by atoms with Crippen LogP contribution in [0.3, 0.4) is 0 Å². The number of anilines is 2. The average Bonchev–Trinajstić information content (AvgIpc) is 2.29. The van der Waals surface area contributed by atoms with Crippen molar-refractivity contribution in [2.45, 2.75) is 13.0 Å². The number of hydrogen-bond donors (Lipinski definition) is 3. The molecule has 0 aliphatic rings. The Morgan fingerprint density at radius 3 is 2.80 bits per heavy atom. The van der Waals surface area contributed by atoms with Crippen molar-refractivity contribution in [3.8, 4) is 0 Å². The number of nitrogens with zero attached hydrogens (tertiary/aromatic N) is 1. The molecule has 0 aliphatic heterocycles. The molecule has 7 nitrogen and oxygen atoms in total. The van der Waals surface area contributed by atoms with Crippen LogP contribution in [0.5, 0.6) is 0 Å². The maximum Gasteiger partial charge on any atom is 0.258 e. The lowest BCUT2D eigenvalue weighted by molar-refractivity contribution is 0.598. The van der Waals surface area contributed by atoms with Crippen LogP contribution in [0.2, 0.25) is 0 Å². The number of benzene rings is 1. The SMILES string of the molecule is CC(CS(C)(=O)=O)Nc1cc2nc[nH]c(=O)c2cc1N. The van der Waals surface area contributed by atoms with Gasteiger partial charge in [-0.25, -0.2) is 13.4 Å². The summed E-state index contributed by atoms with van der Waals surface area (Å²) in [5.41, 5.74) is 7.04. The van der Waals surface area contributed by atoms with Crippen LogP contribution in [0.25, 0.3) is 10.9 Å². The van der Waals surface area contributed by atoms with Gasteiger partial charge in [0.05, 0.1) is 34.4 Å². The normalized spacial score (nSPS) is 13.3. The van der Waals surface area contributed by atoms with Gasteiger partial charge in [0.15, 0.2) is 0 Å². The van der Waals surface area contributed by atoms with E-state index >= 15 is 0 Å². The number of fused-ring (bicyclic) bond motifs is 1. The Balaban J connectivity index is 2.36. The molecule has 0 fully saturated rings. The second-order valence-electron chi connectivity index (χ2n) is 4.83. The number of rotatable bonds is 4. The highest BCUT2D eigenvalue weighted by molar-refractivity contribution is 7.90. The second kappa shape index (κ2) is 5.12. The summed E-state index contributed by atoms with van der Waals surface area (Å²) in [4.78, 5) is 18.1. The molecule has 0 aliphatic carbocycles. The van der Waals surface area contributed by atoms with Gasteiger partial charge in [-0.2, -0.15) is 0 Å². The Hall–Kier alpha value is -2.09. The Bertz CT molecular complexity index is 798. The van der Waals surface area contributed by atoms with E-state index in [-0.39, 0.29) is 17.4 Å². The van der Waals surface area contributed by atoms with E-state index < -0.39 is 9.84 Å². The molecule has 8 heteroatoms. The van der Waals surface area contributed by atoms with Crippen LogP contribution in [-0.4, -0.2) is 36.4 Å². The lowest BCUT2D eigenvalue weighted by atomic mass is 10.2. The van der Waals surface area contributed by atoms with E-state index in [9.17, 15) is 13.2 Å². The van der Waals surface area contributed by atoms with Gasteiger partial charge in [0, 0.05) is 12.3 Å². The third-order valence-corrected chi connectivity index (χ3v) is 3.87. The first-order chi connectivity index (χ1) is 9.26. The molecule has 20 heavy (non-hydrogen) atoms. The number of nitrogens with one attached hydrogen (secondary N) is 2. The van der Waals surface area contributed by atoms with Gasteiger partial charge in [0.2, 0.25) is 0 Å². The Labute approximate surface area is 116 Å². The summed E-state index contributed by atoms with van der Waals surface area (Å²) in [6, 6.07) is 2.86. The zero-order valence-corrected chi connectivity index (χ0v) is 12.0. The molecule has 2 rings (SSSR count). The molecule has 0 spiro atoms. The standard InChI is InChI=1S/C12H16N4O3S/c1-7(5-20(2,18)19)16-11-4-10-8(3-9(11)13)12(17)15-6-14-10/h3-4,6-7,16H,5,13H2,1-2H3,(H,14,15,17). The van der Waals surface area contributed by atoms with Crippen molar-refractivity contribution >= 4 is 32.1 Å². The highest BCUT2D eigenvalue weighted by atomic mass is 32.2. The number of nitrogens with two attached hydrogens (primary N) is 1. The third-order valence-electron chi connectivity index (χ3n) is 2.77. The van der Waals surface area contributed by atoms with Crippen LogP contribution in [-0.2, 0) is 9.84 Å². The molecular formula is C12H16N4O3S. The molecule has 1 unspecified atom stereocenters. The van der Waals surface area contributed by atoms with E-state index in [1.165, 1.54) is 18.6 Å². The van der Waals surface area contributed by atoms with Crippen molar-refractivity contribution in [3.05, 3.63) is 28.8 Å². The molecule has 108 valence electrons. The summed E-state index contributed by atoms with van der Waals surface area (Å²) >= 11 is 0. The van der Waals surface area contributed by atoms with Crippen molar-refractivity contribution in [1.82, 2.24) is 9.97 Å². The van der Waals surface area contributed by atoms with Crippen LogP contribution in [0.4, 0.5) is 11.4 Å². The summed E-state index contributed by atoms with van der Waals surface area (Å²) in [6.07, 6.45) is 2.49. The van der Waals surface area contributed by atoms with Gasteiger partial charge in [-0.15, -0.1) is 0 Å². The van der Waals surface area contributed by atoms with Crippen molar-refractivity contribution in [3.63, 3.8) is 0 Å². The summed E-state index contributed by atoms with van der Waals surface area (Å²) < 4.78 is 22.5. The molecule has 1 heterocycles. The molecule has 2 aromatic rings. The van der Waals surface area contributed by atoms with Crippen molar-refractivity contribution < 1.29 is 8.42 Å². The van der Waals surface area contributed by atoms with Crippen molar-refractivity contribution in [2.24, 2.45) is 0 Å². The molecule has 0 amide bonds. The summed E-state index contributed by atoms with van der Waals surface area (Å²) in [5.74, 6) is -0.00667. The molecule has 1 atom stereocenters. The molecular weight excluding hydrogens is 280 g/mol. The second-order valence-corrected chi connectivity index (χ2v) is 7.01. The first-order valence-corrected chi connectivity index (χ1v) is 8.03. The maximum atomic E-state index is 11.6. The van der Waals surface area contributed by atoms with E-state index in [1.807, 2.05) is 0 Å². The average molecular weight is 296 g/mol. The molecule has 0 saturated heterocycles. The number of hydrogen-bond acceptors (Lipinski definition) is 6. The smallest absolute Gasteiger partial charge is 0.258 e. The minimum absolute atomic E-state index is 0.00667.